The molecule has 41 heavy (non-hydrogen) atoms. The van der Waals surface area contributed by atoms with Crippen molar-refractivity contribution in [2.45, 2.75) is 42.3 Å². The molecule has 0 aliphatic carbocycles. The van der Waals surface area contributed by atoms with Gasteiger partial charge in [-0.2, -0.15) is 17.5 Å². The Labute approximate surface area is 238 Å². The molecule has 0 spiro atoms. The molecule has 1 unspecified atom stereocenters. The number of halogens is 3. The second-order valence-electron chi connectivity index (χ2n) is 9.93. The van der Waals surface area contributed by atoms with Crippen LogP contribution in [0, 0.1) is 0 Å². The van der Waals surface area contributed by atoms with E-state index in [9.17, 15) is 34.8 Å². The van der Waals surface area contributed by atoms with Gasteiger partial charge >= 0.3 is 6.18 Å². The zero-order chi connectivity index (χ0) is 29.8. The second kappa shape index (κ2) is 12.6. The van der Waals surface area contributed by atoms with E-state index in [1.807, 2.05) is 0 Å². The highest BCUT2D eigenvalue weighted by Gasteiger charge is 2.36. The number of hydrogen-bond acceptors (Lipinski definition) is 6. The summed E-state index contributed by atoms with van der Waals surface area (Å²) in [5.74, 6) is -1.13. The summed E-state index contributed by atoms with van der Waals surface area (Å²) >= 11 is 0. The average molecular weight is 616 g/mol. The smallest absolute Gasteiger partial charge is 0.378 e. The quantitative estimate of drug-likeness (QED) is 0.440. The van der Waals surface area contributed by atoms with Gasteiger partial charge in [0.25, 0.3) is 0 Å². The molecule has 2 fully saturated rings. The number of amides is 1. The maximum atomic E-state index is 13.6. The summed E-state index contributed by atoms with van der Waals surface area (Å²) in [7, 11) is -7.71. The van der Waals surface area contributed by atoms with Gasteiger partial charge < -0.3 is 9.64 Å². The summed E-state index contributed by atoms with van der Waals surface area (Å²) in [5, 5.41) is 0.757. The highest BCUT2D eigenvalue weighted by Crippen LogP contribution is 2.32. The van der Waals surface area contributed by atoms with Crippen LogP contribution in [0.25, 0.3) is 0 Å². The topological polar surface area (TPSA) is 113 Å². The van der Waals surface area contributed by atoms with Crippen LogP contribution in [0.1, 0.15) is 35.4 Å². The molecule has 2 saturated heterocycles. The lowest BCUT2D eigenvalue weighted by molar-refractivity contribution is -0.137. The predicted molar refractivity (Wildman–Crippen MR) is 146 cm³/mol. The number of rotatable bonds is 10. The molecule has 0 saturated carbocycles. The van der Waals surface area contributed by atoms with Crippen LogP contribution in [0.4, 0.5) is 13.2 Å². The minimum Gasteiger partial charge on any atom is -0.378 e. The lowest BCUT2D eigenvalue weighted by Gasteiger charge is -2.31. The van der Waals surface area contributed by atoms with Gasteiger partial charge in [0.15, 0.2) is 0 Å². The average Bonchev–Trinajstić information content (AvgIpc) is 3.45. The van der Waals surface area contributed by atoms with Gasteiger partial charge in [-0.25, -0.2) is 21.6 Å². The molecule has 0 aromatic heterocycles. The van der Waals surface area contributed by atoms with Gasteiger partial charge in [-0.15, -0.1) is 0 Å². The first-order chi connectivity index (χ1) is 19.3. The first kappa shape index (κ1) is 31.2. The molecular formula is C27H32F3N3O6S2. The van der Waals surface area contributed by atoms with Crippen LogP contribution in [0.5, 0.6) is 0 Å². The van der Waals surface area contributed by atoms with Crippen LogP contribution >= 0.6 is 0 Å². The number of nitrogens with one attached hydrogen (secondary N) is 1. The van der Waals surface area contributed by atoms with Crippen molar-refractivity contribution in [2.75, 3.05) is 39.4 Å². The summed E-state index contributed by atoms with van der Waals surface area (Å²) in [6, 6.07) is 10.0. The molecule has 2 aliphatic rings. The number of carbonyl (C=O) groups excluding carboxylic acids is 1. The molecule has 2 aromatic carbocycles. The third-order valence-corrected chi connectivity index (χ3v) is 10.2. The summed E-state index contributed by atoms with van der Waals surface area (Å²) < 4.78 is 99.3. The zero-order valence-electron chi connectivity index (χ0n) is 22.2. The minimum atomic E-state index is -4.53. The van der Waals surface area contributed by atoms with E-state index in [1.165, 1.54) is 40.7 Å². The Morgan fingerprint density at radius 2 is 1.76 bits per heavy atom. The normalized spacial score (nSPS) is 19.7. The van der Waals surface area contributed by atoms with Gasteiger partial charge in [-0.3, -0.25) is 4.79 Å². The van der Waals surface area contributed by atoms with Crippen LogP contribution in [-0.4, -0.2) is 77.4 Å². The molecule has 2 aromatic rings. The Kier molecular flexibility index (Phi) is 9.59. The van der Waals surface area contributed by atoms with Crippen LogP contribution in [0.15, 0.2) is 65.4 Å². The minimum absolute atomic E-state index is 0.0101. The number of sulfonamides is 2. The van der Waals surface area contributed by atoms with Crippen molar-refractivity contribution in [2.24, 2.45) is 0 Å². The van der Waals surface area contributed by atoms with E-state index in [-0.39, 0.29) is 30.3 Å². The molecule has 14 heteroatoms. The van der Waals surface area contributed by atoms with Crippen molar-refractivity contribution in [3.05, 3.63) is 77.2 Å². The highest BCUT2D eigenvalue weighted by molar-refractivity contribution is 7.92. The molecular weight excluding hydrogens is 583 g/mol. The predicted octanol–water partition coefficient (Wildman–Crippen LogP) is 3.11. The molecule has 2 aliphatic heterocycles. The van der Waals surface area contributed by atoms with Gasteiger partial charge in [0.05, 0.1) is 29.6 Å². The number of morpholine rings is 1. The van der Waals surface area contributed by atoms with Crippen molar-refractivity contribution in [1.29, 1.82) is 0 Å². The molecule has 1 N–H and O–H groups in total. The third-order valence-electron chi connectivity index (χ3n) is 7.27. The standard InChI is InChI=1S/C27H32F3N3O6S2/c1-2-40(35,36)31-19-23-7-4-12-33(23)41(37,38)24-10-8-21(9-11-24)25(26(34)32-13-15-39-16-14-32)18-20-5-3-6-22(17-20)27(28,29)30/h2-3,5-6,8-11,17,23,25,31H,1,4,7,12-16,18-19H2/t23-,25?/m1/s1. The maximum absolute atomic E-state index is 13.6. The number of alkyl halides is 3. The number of ether oxygens (including phenoxy) is 1. The van der Waals surface area contributed by atoms with E-state index in [2.05, 4.69) is 11.3 Å². The molecule has 0 bridgehead atoms. The van der Waals surface area contributed by atoms with E-state index in [1.54, 1.807) is 4.90 Å². The monoisotopic (exact) mass is 615 g/mol. The summed E-state index contributed by atoms with van der Waals surface area (Å²) in [4.78, 5) is 15.1. The van der Waals surface area contributed by atoms with Gasteiger partial charge in [0, 0.05) is 37.6 Å². The van der Waals surface area contributed by atoms with E-state index in [4.69, 9.17) is 4.74 Å². The summed E-state index contributed by atoms with van der Waals surface area (Å²) in [6.07, 6.45) is -3.51. The SMILES string of the molecule is C=CS(=O)(=O)NC[C@H]1CCCN1S(=O)(=O)c1ccc(C(Cc2cccc(C(F)(F)F)c2)C(=O)N2CCOCC2)cc1. The van der Waals surface area contributed by atoms with Crippen molar-refractivity contribution in [3.8, 4) is 0 Å². The molecule has 1 amide bonds. The largest absolute Gasteiger partial charge is 0.416 e. The van der Waals surface area contributed by atoms with Crippen molar-refractivity contribution < 1.29 is 39.5 Å². The molecule has 4 rings (SSSR count). The van der Waals surface area contributed by atoms with E-state index >= 15 is 0 Å². The van der Waals surface area contributed by atoms with Gasteiger partial charge in [0.2, 0.25) is 26.0 Å². The number of nitrogens with zero attached hydrogens (tertiary/aromatic N) is 2. The lowest BCUT2D eigenvalue weighted by Crippen LogP contribution is -2.43. The highest BCUT2D eigenvalue weighted by atomic mass is 32.2. The second-order valence-corrected chi connectivity index (χ2v) is 13.5. The van der Waals surface area contributed by atoms with Crippen LogP contribution < -0.4 is 4.72 Å². The Balaban J connectivity index is 1.60. The first-order valence-corrected chi connectivity index (χ1v) is 16.1. The Morgan fingerprint density at radius 3 is 2.39 bits per heavy atom. The number of hydrogen-bond donors (Lipinski definition) is 1. The third kappa shape index (κ3) is 7.55. The molecule has 0 radical (unpaired) electrons. The maximum Gasteiger partial charge on any atom is 0.416 e. The van der Waals surface area contributed by atoms with Crippen molar-refractivity contribution in [3.63, 3.8) is 0 Å². The Morgan fingerprint density at radius 1 is 1.07 bits per heavy atom. The Hall–Kier alpha value is -2.78. The van der Waals surface area contributed by atoms with Gasteiger partial charge in [-0.05, 0) is 48.6 Å². The fraction of sp³-hybridized carbons (Fsp3) is 0.444. The first-order valence-electron chi connectivity index (χ1n) is 13.1. The van der Waals surface area contributed by atoms with Crippen molar-refractivity contribution in [1.82, 2.24) is 13.9 Å². The number of benzene rings is 2. The lowest BCUT2D eigenvalue weighted by atomic mass is 9.90. The molecule has 2 heterocycles. The van der Waals surface area contributed by atoms with Gasteiger partial charge in [-0.1, -0.05) is 36.9 Å². The summed E-state index contributed by atoms with van der Waals surface area (Å²) in [6.45, 7) is 4.74. The van der Waals surface area contributed by atoms with Crippen molar-refractivity contribution >= 4 is 26.0 Å². The molecule has 2 atom stereocenters. The van der Waals surface area contributed by atoms with E-state index in [0.29, 0.717) is 50.3 Å². The fourth-order valence-electron chi connectivity index (χ4n) is 5.07. The molecule has 9 nitrogen and oxygen atoms in total. The summed E-state index contributed by atoms with van der Waals surface area (Å²) in [5.41, 5.74) is -0.0239. The van der Waals surface area contributed by atoms with E-state index in [0.717, 1.165) is 17.5 Å². The van der Waals surface area contributed by atoms with Gasteiger partial charge in [0.1, 0.15) is 0 Å². The fourth-order valence-corrected chi connectivity index (χ4v) is 7.31. The molecule has 224 valence electrons. The zero-order valence-corrected chi connectivity index (χ0v) is 23.8. The van der Waals surface area contributed by atoms with Crippen LogP contribution in [-0.2, 0) is 42.2 Å². The number of carbonyl (C=O) groups is 1. The van der Waals surface area contributed by atoms with Crippen LogP contribution in [0.3, 0.4) is 0 Å². The Bertz CT molecular complexity index is 1460. The van der Waals surface area contributed by atoms with E-state index < -0.39 is 43.7 Å². The van der Waals surface area contributed by atoms with Crippen LogP contribution in [0.2, 0.25) is 0 Å².